The molecule has 0 aliphatic carbocycles. The van der Waals surface area contributed by atoms with Crippen molar-refractivity contribution in [3.05, 3.63) is 76.6 Å². The van der Waals surface area contributed by atoms with E-state index in [1.165, 1.54) is 4.88 Å². The van der Waals surface area contributed by atoms with E-state index in [9.17, 15) is 4.79 Å². The quantitative estimate of drug-likeness (QED) is 0.636. The molecule has 1 amide bonds. The molecule has 3 heterocycles. The highest BCUT2D eigenvalue weighted by Crippen LogP contribution is 2.24. The van der Waals surface area contributed by atoms with Gasteiger partial charge in [0.15, 0.2) is 0 Å². The van der Waals surface area contributed by atoms with Crippen LogP contribution in [0.2, 0.25) is 0 Å². The summed E-state index contributed by atoms with van der Waals surface area (Å²) in [5.41, 5.74) is 0.512. The van der Waals surface area contributed by atoms with E-state index < -0.39 is 0 Å². The van der Waals surface area contributed by atoms with Crippen LogP contribution in [0.4, 0.5) is 0 Å². The molecule has 1 saturated heterocycles. The lowest BCUT2D eigenvalue weighted by Gasteiger charge is -2.34. The molecule has 0 unspecified atom stereocenters. The molecule has 0 atom stereocenters. The lowest BCUT2D eigenvalue weighted by Crippen LogP contribution is -2.49. The molecule has 0 spiro atoms. The highest BCUT2D eigenvalue weighted by Gasteiger charge is 2.25. The summed E-state index contributed by atoms with van der Waals surface area (Å²) in [6, 6.07) is 17.3. The smallest absolute Gasteiger partial charge is 0.259 e. The number of benzene rings is 1. The van der Waals surface area contributed by atoms with E-state index in [0.717, 1.165) is 39.1 Å². The van der Waals surface area contributed by atoms with Gasteiger partial charge in [-0.05, 0) is 42.1 Å². The van der Waals surface area contributed by atoms with E-state index >= 15 is 0 Å². The Morgan fingerprint density at radius 3 is 2.57 bits per heavy atom. The Morgan fingerprint density at radius 2 is 1.82 bits per heavy atom. The minimum absolute atomic E-state index is 0.0167. The predicted octanol–water partition coefficient (Wildman–Crippen LogP) is 3.94. The van der Waals surface area contributed by atoms with Crippen LogP contribution in [-0.2, 0) is 6.42 Å². The molecule has 0 N–H and O–H groups in total. The van der Waals surface area contributed by atoms with Gasteiger partial charge in [-0.25, -0.2) is 4.98 Å². The molecule has 0 radical (unpaired) electrons. The molecule has 1 aromatic carbocycles. The fourth-order valence-corrected chi connectivity index (χ4v) is 4.00. The molecule has 144 valence electrons. The summed E-state index contributed by atoms with van der Waals surface area (Å²) < 4.78 is 5.85. The van der Waals surface area contributed by atoms with Crippen LogP contribution in [0.15, 0.2) is 66.2 Å². The number of aromatic nitrogens is 1. The van der Waals surface area contributed by atoms with Gasteiger partial charge < -0.3 is 9.64 Å². The van der Waals surface area contributed by atoms with Gasteiger partial charge in [0.25, 0.3) is 5.91 Å². The van der Waals surface area contributed by atoms with Crippen molar-refractivity contribution in [2.75, 3.05) is 32.7 Å². The summed E-state index contributed by atoms with van der Waals surface area (Å²) in [6.07, 6.45) is 2.72. The number of ether oxygens (including phenoxy) is 1. The fourth-order valence-electron chi connectivity index (χ4n) is 3.30. The molecule has 1 aliphatic heterocycles. The van der Waals surface area contributed by atoms with Crippen LogP contribution in [0.1, 0.15) is 15.2 Å². The van der Waals surface area contributed by atoms with Crippen molar-refractivity contribution < 1.29 is 9.53 Å². The molecule has 1 fully saturated rings. The minimum Gasteiger partial charge on any atom is -0.438 e. The summed E-state index contributed by atoms with van der Waals surface area (Å²) in [4.78, 5) is 23.1. The topological polar surface area (TPSA) is 45.7 Å². The molecular weight excluding hydrogens is 370 g/mol. The maximum Gasteiger partial charge on any atom is 0.259 e. The average molecular weight is 394 g/mol. The van der Waals surface area contributed by atoms with Crippen LogP contribution in [0, 0.1) is 0 Å². The molecule has 0 bridgehead atoms. The van der Waals surface area contributed by atoms with Crippen molar-refractivity contribution in [2.24, 2.45) is 0 Å². The third-order valence-corrected chi connectivity index (χ3v) is 5.81. The number of carbonyl (C=O) groups is 1. The molecule has 28 heavy (non-hydrogen) atoms. The summed E-state index contributed by atoms with van der Waals surface area (Å²) in [6.45, 7) is 4.28. The number of pyridine rings is 1. The van der Waals surface area contributed by atoms with Gasteiger partial charge in [0, 0.05) is 43.8 Å². The second kappa shape index (κ2) is 8.99. The number of thiophene rings is 1. The van der Waals surface area contributed by atoms with Gasteiger partial charge in [0.05, 0.1) is 0 Å². The van der Waals surface area contributed by atoms with Gasteiger partial charge in [0.2, 0.25) is 5.88 Å². The van der Waals surface area contributed by atoms with Crippen LogP contribution in [0.3, 0.4) is 0 Å². The van der Waals surface area contributed by atoms with Crippen LogP contribution >= 0.6 is 11.3 Å². The maximum absolute atomic E-state index is 13.1. The Balaban J connectivity index is 1.36. The lowest BCUT2D eigenvalue weighted by atomic mass is 10.2. The molecular formula is C22H23N3O2S. The van der Waals surface area contributed by atoms with Crippen LogP contribution in [0.5, 0.6) is 11.6 Å². The fraction of sp³-hybridized carbons (Fsp3) is 0.273. The highest BCUT2D eigenvalue weighted by molar-refractivity contribution is 7.09. The largest absolute Gasteiger partial charge is 0.438 e. The summed E-state index contributed by atoms with van der Waals surface area (Å²) in [5.74, 6) is 1.02. The van der Waals surface area contributed by atoms with Crippen molar-refractivity contribution in [3.8, 4) is 11.6 Å². The normalized spacial score (nSPS) is 14.8. The third-order valence-electron chi connectivity index (χ3n) is 4.87. The highest BCUT2D eigenvalue weighted by atomic mass is 32.1. The molecule has 5 nitrogen and oxygen atoms in total. The van der Waals surface area contributed by atoms with E-state index in [-0.39, 0.29) is 5.91 Å². The Hall–Kier alpha value is -2.70. The van der Waals surface area contributed by atoms with Crippen LogP contribution in [0.25, 0.3) is 0 Å². The SMILES string of the molecule is O=C(c1cccnc1Oc1ccccc1)N1CCN(CCc2cccs2)CC1. The first-order valence-corrected chi connectivity index (χ1v) is 10.4. The summed E-state index contributed by atoms with van der Waals surface area (Å²) >= 11 is 1.80. The first-order valence-electron chi connectivity index (χ1n) is 9.51. The monoisotopic (exact) mass is 393 g/mol. The zero-order valence-corrected chi connectivity index (χ0v) is 16.5. The number of hydrogen-bond donors (Lipinski definition) is 0. The molecule has 4 rings (SSSR count). The number of hydrogen-bond acceptors (Lipinski definition) is 5. The Labute approximate surface area is 169 Å². The summed E-state index contributed by atoms with van der Waals surface area (Å²) in [5, 5.41) is 2.12. The van der Waals surface area contributed by atoms with Gasteiger partial charge in [-0.3, -0.25) is 9.69 Å². The second-order valence-electron chi connectivity index (χ2n) is 6.73. The van der Waals surface area contributed by atoms with Crippen LogP contribution in [-0.4, -0.2) is 53.4 Å². The maximum atomic E-state index is 13.1. The Kier molecular flexibility index (Phi) is 5.99. The van der Waals surface area contributed by atoms with E-state index in [1.54, 1.807) is 29.7 Å². The Morgan fingerprint density at radius 1 is 1.00 bits per heavy atom. The van der Waals surface area contributed by atoms with E-state index in [1.807, 2.05) is 35.2 Å². The van der Waals surface area contributed by atoms with Gasteiger partial charge >= 0.3 is 0 Å². The second-order valence-corrected chi connectivity index (χ2v) is 7.77. The number of para-hydroxylation sites is 1. The predicted molar refractivity (Wildman–Crippen MR) is 111 cm³/mol. The van der Waals surface area contributed by atoms with Crippen molar-refractivity contribution in [2.45, 2.75) is 6.42 Å². The zero-order valence-electron chi connectivity index (χ0n) is 15.7. The number of amides is 1. The number of carbonyl (C=O) groups excluding carboxylic acids is 1. The standard InChI is InChI=1S/C22H23N3O2S/c26-22(20-9-4-11-23-21(20)27-18-6-2-1-3-7-18)25-15-13-24(14-16-25)12-10-19-8-5-17-28-19/h1-9,11,17H,10,12-16H2. The number of nitrogens with zero attached hydrogens (tertiary/aromatic N) is 3. The Bertz CT molecular complexity index is 891. The molecule has 6 heteroatoms. The molecule has 2 aromatic heterocycles. The summed E-state index contributed by atoms with van der Waals surface area (Å²) in [7, 11) is 0. The van der Waals surface area contributed by atoms with Crippen molar-refractivity contribution in [3.63, 3.8) is 0 Å². The lowest BCUT2D eigenvalue weighted by molar-refractivity contribution is 0.0635. The van der Waals surface area contributed by atoms with Crippen molar-refractivity contribution in [1.82, 2.24) is 14.8 Å². The number of rotatable bonds is 6. The van der Waals surface area contributed by atoms with Crippen molar-refractivity contribution in [1.29, 1.82) is 0 Å². The van der Waals surface area contributed by atoms with Gasteiger partial charge in [-0.15, -0.1) is 11.3 Å². The van der Waals surface area contributed by atoms with E-state index in [2.05, 4.69) is 27.4 Å². The van der Waals surface area contributed by atoms with E-state index in [0.29, 0.717) is 17.2 Å². The first kappa shape index (κ1) is 18.7. The zero-order chi connectivity index (χ0) is 19.2. The number of piperazine rings is 1. The van der Waals surface area contributed by atoms with Gasteiger partial charge in [0.1, 0.15) is 11.3 Å². The van der Waals surface area contributed by atoms with Crippen molar-refractivity contribution >= 4 is 17.2 Å². The minimum atomic E-state index is -0.0167. The van der Waals surface area contributed by atoms with Crippen LogP contribution < -0.4 is 4.74 Å². The first-order chi connectivity index (χ1) is 13.8. The third kappa shape index (κ3) is 4.58. The molecule has 3 aromatic rings. The molecule has 0 saturated carbocycles. The average Bonchev–Trinajstić information content (AvgIpc) is 3.27. The van der Waals surface area contributed by atoms with Gasteiger partial charge in [-0.2, -0.15) is 0 Å². The van der Waals surface area contributed by atoms with Gasteiger partial charge in [-0.1, -0.05) is 24.3 Å². The van der Waals surface area contributed by atoms with E-state index in [4.69, 9.17) is 4.74 Å². The molecule has 1 aliphatic rings.